The number of carbonyl (C=O) groups excluding carboxylic acids is 1. The molecule has 0 unspecified atom stereocenters. The van der Waals surface area contributed by atoms with E-state index in [0.29, 0.717) is 9.35 Å². The Hall–Kier alpha value is -0.400. The first kappa shape index (κ1) is 13.7. The molecule has 16 heavy (non-hydrogen) atoms. The van der Waals surface area contributed by atoms with Crippen LogP contribution < -0.4 is 0 Å². The lowest BCUT2D eigenvalue weighted by Gasteiger charge is -2.06. The summed E-state index contributed by atoms with van der Waals surface area (Å²) >= 11 is 4.38. The molecular formula is C9H8BrF3O2S. The maximum atomic E-state index is 11.7. The highest BCUT2D eigenvalue weighted by molar-refractivity contribution is 9.10. The van der Waals surface area contributed by atoms with Crippen LogP contribution in [-0.4, -0.2) is 25.2 Å². The van der Waals surface area contributed by atoms with Crippen LogP contribution in [-0.2, 0) is 4.74 Å². The smallest absolute Gasteiger partial charge is 0.364 e. The Labute approximate surface area is 103 Å². The summed E-state index contributed by atoms with van der Waals surface area (Å²) in [5.41, 5.74) is 0. The van der Waals surface area contributed by atoms with Crippen molar-refractivity contribution in [3.8, 4) is 0 Å². The Morgan fingerprint density at radius 3 is 2.62 bits per heavy atom. The second-order valence-corrected chi connectivity index (χ2v) is 5.18. The fourth-order valence-electron chi connectivity index (χ4n) is 0.998. The molecule has 0 radical (unpaired) electrons. The Kier molecular flexibility index (Phi) is 4.52. The highest BCUT2D eigenvalue weighted by Gasteiger charge is 2.28. The first-order valence-corrected chi connectivity index (χ1v) is 5.84. The van der Waals surface area contributed by atoms with Gasteiger partial charge in [-0.15, -0.1) is 11.3 Å². The Morgan fingerprint density at radius 1 is 1.56 bits per heavy atom. The first-order chi connectivity index (χ1) is 7.29. The SMILES string of the molecule is Cc1cc(Br)c(C(=O)COCC(F)(F)F)s1. The molecule has 1 heterocycles. The van der Waals surface area contributed by atoms with Gasteiger partial charge in [0.05, 0.1) is 4.88 Å². The summed E-state index contributed by atoms with van der Waals surface area (Å²) in [5, 5.41) is 0. The summed E-state index contributed by atoms with van der Waals surface area (Å²) < 4.78 is 40.1. The zero-order valence-electron chi connectivity index (χ0n) is 8.23. The summed E-state index contributed by atoms with van der Waals surface area (Å²) in [6.45, 7) is -0.151. The van der Waals surface area contributed by atoms with Crippen LogP contribution in [0.25, 0.3) is 0 Å². The lowest BCUT2D eigenvalue weighted by Crippen LogP contribution is -2.20. The lowest BCUT2D eigenvalue weighted by molar-refractivity contribution is -0.170. The molecule has 7 heteroatoms. The zero-order valence-corrected chi connectivity index (χ0v) is 10.6. The predicted octanol–water partition coefficient (Wildman–Crippen LogP) is 3.58. The van der Waals surface area contributed by atoms with E-state index in [1.54, 1.807) is 6.07 Å². The molecule has 0 aliphatic carbocycles. The second kappa shape index (κ2) is 5.29. The van der Waals surface area contributed by atoms with Gasteiger partial charge in [0.1, 0.15) is 13.2 Å². The van der Waals surface area contributed by atoms with Gasteiger partial charge in [-0.1, -0.05) is 0 Å². The van der Waals surface area contributed by atoms with Crippen molar-refractivity contribution in [1.29, 1.82) is 0 Å². The van der Waals surface area contributed by atoms with E-state index in [1.165, 1.54) is 11.3 Å². The third kappa shape index (κ3) is 4.23. The fourth-order valence-corrected chi connectivity index (χ4v) is 2.79. The average molecular weight is 317 g/mol. The van der Waals surface area contributed by atoms with Crippen LogP contribution in [0.3, 0.4) is 0 Å². The minimum atomic E-state index is -4.40. The minimum Gasteiger partial charge on any atom is -0.364 e. The molecule has 0 fully saturated rings. The van der Waals surface area contributed by atoms with Crippen molar-refractivity contribution in [1.82, 2.24) is 0 Å². The highest BCUT2D eigenvalue weighted by Crippen LogP contribution is 2.27. The van der Waals surface area contributed by atoms with E-state index >= 15 is 0 Å². The third-order valence-corrected chi connectivity index (χ3v) is 3.54. The maximum Gasteiger partial charge on any atom is 0.411 e. The number of carbonyl (C=O) groups is 1. The number of Topliss-reactive ketones (excluding diaryl/α,β-unsaturated/α-hetero) is 1. The van der Waals surface area contributed by atoms with E-state index < -0.39 is 25.2 Å². The van der Waals surface area contributed by atoms with Crippen molar-refractivity contribution in [3.63, 3.8) is 0 Å². The number of halogens is 4. The fraction of sp³-hybridized carbons (Fsp3) is 0.444. The lowest BCUT2D eigenvalue weighted by atomic mass is 10.3. The van der Waals surface area contributed by atoms with Gasteiger partial charge in [0.15, 0.2) is 5.78 Å². The normalized spacial score (nSPS) is 11.8. The van der Waals surface area contributed by atoms with E-state index in [9.17, 15) is 18.0 Å². The van der Waals surface area contributed by atoms with Gasteiger partial charge in [0.2, 0.25) is 0 Å². The Balaban J connectivity index is 2.51. The van der Waals surface area contributed by atoms with Gasteiger partial charge >= 0.3 is 6.18 Å². The standard InChI is InChI=1S/C9H8BrF3O2S/c1-5-2-6(10)8(16-5)7(14)3-15-4-9(11,12)13/h2H,3-4H2,1H3. The van der Waals surface area contributed by atoms with Gasteiger partial charge in [0, 0.05) is 9.35 Å². The third-order valence-electron chi connectivity index (χ3n) is 1.56. The maximum absolute atomic E-state index is 11.7. The van der Waals surface area contributed by atoms with E-state index in [4.69, 9.17) is 0 Å². The molecule has 1 aromatic heterocycles. The largest absolute Gasteiger partial charge is 0.411 e. The summed E-state index contributed by atoms with van der Waals surface area (Å²) in [4.78, 5) is 12.7. The van der Waals surface area contributed by atoms with Gasteiger partial charge < -0.3 is 4.74 Å². The number of aryl methyl sites for hydroxylation is 1. The molecular weight excluding hydrogens is 309 g/mol. The number of alkyl halides is 3. The van der Waals surface area contributed by atoms with Gasteiger partial charge in [-0.2, -0.15) is 13.2 Å². The minimum absolute atomic E-state index is 0.389. The molecule has 0 aliphatic rings. The van der Waals surface area contributed by atoms with Gasteiger partial charge in [-0.25, -0.2) is 0 Å². The van der Waals surface area contributed by atoms with Crippen LogP contribution in [0, 0.1) is 6.92 Å². The van der Waals surface area contributed by atoms with Crippen molar-refractivity contribution >= 4 is 33.0 Å². The van der Waals surface area contributed by atoms with Crippen molar-refractivity contribution in [2.45, 2.75) is 13.1 Å². The summed E-state index contributed by atoms with van der Waals surface area (Å²) in [7, 11) is 0. The number of ether oxygens (including phenoxy) is 1. The molecule has 0 N–H and O–H groups in total. The summed E-state index contributed by atoms with van der Waals surface area (Å²) in [6.07, 6.45) is -4.40. The molecule has 1 aromatic rings. The highest BCUT2D eigenvalue weighted by atomic mass is 79.9. The molecule has 2 nitrogen and oxygen atoms in total. The predicted molar refractivity (Wildman–Crippen MR) is 58.0 cm³/mol. The van der Waals surface area contributed by atoms with Gasteiger partial charge in [-0.05, 0) is 28.9 Å². The number of ketones is 1. The zero-order chi connectivity index (χ0) is 12.3. The van der Waals surface area contributed by atoms with Crippen molar-refractivity contribution in [2.24, 2.45) is 0 Å². The number of rotatable bonds is 4. The molecule has 1 rings (SSSR count). The Bertz CT molecular complexity index is 387. The molecule has 0 aromatic carbocycles. The Morgan fingerprint density at radius 2 is 2.19 bits per heavy atom. The number of hydrogen-bond donors (Lipinski definition) is 0. The molecule has 0 atom stereocenters. The number of hydrogen-bond acceptors (Lipinski definition) is 3. The van der Waals surface area contributed by atoms with Gasteiger partial charge in [-0.3, -0.25) is 4.79 Å². The van der Waals surface area contributed by atoms with E-state index in [2.05, 4.69) is 20.7 Å². The van der Waals surface area contributed by atoms with Crippen LogP contribution in [0.1, 0.15) is 14.5 Å². The van der Waals surface area contributed by atoms with Crippen LogP contribution in [0.5, 0.6) is 0 Å². The topological polar surface area (TPSA) is 26.3 Å². The van der Waals surface area contributed by atoms with Crippen molar-refractivity contribution in [2.75, 3.05) is 13.2 Å². The molecule has 0 saturated heterocycles. The van der Waals surface area contributed by atoms with E-state index in [1.807, 2.05) is 6.92 Å². The second-order valence-electron chi connectivity index (χ2n) is 3.07. The van der Waals surface area contributed by atoms with Crippen molar-refractivity contribution < 1.29 is 22.7 Å². The molecule has 90 valence electrons. The molecule has 0 bridgehead atoms. The van der Waals surface area contributed by atoms with E-state index in [-0.39, 0.29) is 0 Å². The molecule has 0 saturated carbocycles. The van der Waals surface area contributed by atoms with Crippen LogP contribution in [0.4, 0.5) is 13.2 Å². The van der Waals surface area contributed by atoms with Crippen LogP contribution in [0.2, 0.25) is 0 Å². The molecule has 0 amide bonds. The van der Waals surface area contributed by atoms with Crippen LogP contribution in [0.15, 0.2) is 10.5 Å². The number of thiophene rings is 1. The van der Waals surface area contributed by atoms with Crippen molar-refractivity contribution in [3.05, 3.63) is 20.3 Å². The van der Waals surface area contributed by atoms with E-state index in [0.717, 1.165) is 4.88 Å². The molecule has 0 aliphatic heterocycles. The quantitative estimate of drug-likeness (QED) is 0.794. The molecule has 0 spiro atoms. The summed E-state index contributed by atoms with van der Waals surface area (Å²) in [6, 6.07) is 1.74. The average Bonchev–Trinajstić information content (AvgIpc) is 2.43. The monoisotopic (exact) mass is 316 g/mol. The van der Waals surface area contributed by atoms with Gasteiger partial charge in [0.25, 0.3) is 0 Å². The first-order valence-electron chi connectivity index (χ1n) is 4.23. The van der Waals surface area contributed by atoms with Crippen LogP contribution >= 0.6 is 27.3 Å². The summed E-state index contributed by atoms with van der Waals surface area (Å²) in [5.74, 6) is -0.450.